The molecule has 0 unspecified atom stereocenters. The van der Waals surface area contributed by atoms with E-state index in [9.17, 15) is 19.0 Å². The summed E-state index contributed by atoms with van der Waals surface area (Å²) in [4.78, 5) is 4.43. The van der Waals surface area contributed by atoms with Gasteiger partial charge in [0, 0.05) is 17.2 Å². The molecule has 0 aliphatic rings. The summed E-state index contributed by atoms with van der Waals surface area (Å²) in [7, 11) is 0. The van der Waals surface area contributed by atoms with Gasteiger partial charge in [-0.25, -0.2) is 18.3 Å². The summed E-state index contributed by atoms with van der Waals surface area (Å²) in [6.45, 7) is 1.62. The van der Waals surface area contributed by atoms with E-state index < -0.39 is 17.5 Å². The van der Waals surface area contributed by atoms with Gasteiger partial charge in [-0.15, -0.1) is 5.75 Å². The largest absolute Gasteiger partial charge is 1.00 e. The number of hydrogen-bond donors (Lipinski definition) is 0. The van der Waals surface area contributed by atoms with Gasteiger partial charge in [-0.3, -0.25) is 0 Å². The van der Waals surface area contributed by atoms with Crippen LogP contribution in [-0.2, 0) is 0 Å². The minimum absolute atomic E-state index is 0. The van der Waals surface area contributed by atoms with Gasteiger partial charge in [0.1, 0.15) is 11.6 Å². The standard InChI is InChI=1S/C19H13F2N3O2.2Na/c1-10-18(14-7-4-12(20)8-15(14)21)19-22-16(9-17(26)24(19)23-10)11-2-5-13(25)6-3-11;;/h2-9,25-26H,1H3;;/q;2*+1/p-2. The third kappa shape index (κ3) is 4.10. The van der Waals surface area contributed by atoms with Gasteiger partial charge < -0.3 is 10.2 Å². The Morgan fingerprint density at radius 2 is 1.61 bits per heavy atom. The molecule has 5 nitrogen and oxygen atoms in total. The van der Waals surface area contributed by atoms with Crippen molar-refractivity contribution < 1.29 is 78.1 Å². The van der Waals surface area contributed by atoms with Crippen molar-refractivity contribution in [1.82, 2.24) is 14.6 Å². The Morgan fingerprint density at radius 1 is 0.929 bits per heavy atom. The van der Waals surface area contributed by atoms with Crippen LogP contribution in [0.4, 0.5) is 8.78 Å². The van der Waals surface area contributed by atoms with Gasteiger partial charge in [0.2, 0.25) is 0 Å². The first kappa shape index (κ1) is 22.8. The van der Waals surface area contributed by atoms with Crippen molar-refractivity contribution in [3.63, 3.8) is 0 Å². The molecule has 2 aromatic heterocycles. The molecule has 0 N–H and O–H groups in total. The molecule has 9 heteroatoms. The number of nitrogens with zero attached hydrogens (tertiary/aromatic N) is 3. The zero-order valence-corrected chi connectivity index (χ0v) is 19.5. The molecule has 0 spiro atoms. The normalized spacial score (nSPS) is 10.4. The van der Waals surface area contributed by atoms with Gasteiger partial charge >= 0.3 is 59.1 Å². The fourth-order valence-electron chi connectivity index (χ4n) is 2.88. The van der Waals surface area contributed by atoms with Gasteiger partial charge in [-0.2, -0.15) is 5.10 Å². The number of aryl methyl sites for hydroxylation is 1. The zero-order chi connectivity index (χ0) is 18.4. The summed E-state index contributed by atoms with van der Waals surface area (Å²) < 4.78 is 28.6. The van der Waals surface area contributed by atoms with E-state index in [-0.39, 0.29) is 76.1 Å². The van der Waals surface area contributed by atoms with Gasteiger partial charge in [0.25, 0.3) is 0 Å². The Morgan fingerprint density at radius 3 is 2.25 bits per heavy atom. The molecular weight excluding hydrogens is 386 g/mol. The van der Waals surface area contributed by atoms with Crippen LogP contribution in [-0.4, -0.2) is 14.6 Å². The first-order valence-corrected chi connectivity index (χ1v) is 7.74. The number of hydrogen-bond acceptors (Lipinski definition) is 4. The molecule has 0 radical (unpaired) electrons. The predicted octanol–water partition coefficient (Wildman–Crippen LogP) is -3.19. The fourth-order valence-corrected chi connectivity index (χ4v) is 2.88. The Bertz CT molecular complexity index is 1150. The molecule has 0 atom stereocenters. The summed E-state index contributed by atoms with van der Waals surface area (Å²) in [5.74, 6) is -2.06. The second-order valence-electron chi connectivity index (χ2n) is 5.82. The number of aromatic nitrogens is 3. The molecule has 0 aliphatic carbocycles. The second-order valence-corrected chi connectivity index (χ2v) is 5.82. The average molecular weight is 397 g/mol. The fraction of sp³-hybridized carbons (Fsp3) is 0.0526. The van der Waals surface area contributed by atoms with E-state index in [1.807, 2.05) is 0 Å². The van der Waals surface area contributed by atoms with E-state index >= 15 is 0 Å². The van der Waals surface area contributed by atoms with Crippen LogP contribution in [0.2, 0.25) is 0 Å². The molecule has 0 amide bonds. The van der Waals surface area contributed by atoms with Crippen LogP contribution in [0.1, 0.15) is 5.69 Å². The third-order valence-electron chi connectivity index (χ3n) is 4.08. The zero-order valence-electron chi connectivity index (χ0n) is 15.5. The molecule has 130 valence electrons. The molecule has 4 aromatic rings. The maximum atomic E-state index is 14.3. The summed E-state index contributed by atoms with van der Waals surface area (Å²) in [5, 5.41) is 27.8. The van der Waals surface area contributed by atoms with Gasteiger partial charge in [-0.05, 0) is 31.0 Å². The van der Waals surface area contributed by atoms with Crippen LogP contribution < -0.4 is 69.3 Å². The van der Waals surface area contributed by atoms with Crippen LogP contribution in [0, 0.1) is 18.6 Å². The maximum Gasteiger partial charge on any atom is 1.00 e. The van der Waals surface area contributed by atoms with Crippen LogP contribution in [0.25, 0.3) is 28.0 Å². The molecule has 28 heavy (non-hydrogen) atoms. The minimum Gasteiger partial charge on any atom is -0.872 e. The van der Waals surface area contributed by atoms with E-state index in [0.717, 1.165) is 16.6 Å². The molecule has 0 saturated heterocycles. The topological polar surface area (TPSA) is 76.3 Å². The molecule has 4 rings (SSSR count). The van der Waals surface area contributed by atoms with E-state index in [4.69, 9.17) is 0 Å². The van der Waals surface area contributed by atoms with Crippen molar-refractivity contribution >= 4 is 5.65 Å². The van der Waals surface area contributed by atoms with E-state index in [1.54, 1.807) is 19.1 Å². The third-order valence-corrected chi connectivity index (χ3v) is 4.08. The SMILES string of the molecule is Cc1nn2c([O-])cc(-c3ccc([O-])cc3)nc2c1-c1ccc(F)cc1F.[Na+].[Na+]. The summed E-state index contributed by atoms with van der Waals surface area (Å²) in [5.41, 5.74) is 1.91. The van der Waals surface area contributed by atoms with Crippen LogP contribution in [0.15, 0.2) is 48.5 Å². The summed E-state index contributed by atoms with van der Waals surface area (Å²) >= 11 is 0. The summed E-state index contributed by atoms with van der Waals surface area (Å²) in [6, 6.07) is 10.3. The van der Waals surface area contributed by atoms with Crippen LogP contribution >= 0.6 is 0 Å². The molecule has 0 bridgehead atoms. The first-order valence-electron chi connectivity index (χ1n) is 7.74. The Hall–Kier alpha value is -1.48. The van der Waals surface area contributed by atoms with Crippen LogP contribution in [0.3, 0.4) is 0 Å². The Kier molecular flexibility index (Phi) is 7.25. The van der Waals surface area contributed by atoms with Crippen molar-refractivity contribution in [3.8, 4) is 34.0 Å². The Labute approximate surface area is 203 Å². The van der Waals surface area contributed by atoms with E-state index in [1.165, 1.54) is 24.3 Å². The number of rotatable bonds is 2. The van der Waals surface area contributed by atoms with Crippen molar-refractivity contribution in [2.24, 2.45) is 0 Å². The average Bonchev–Trinajstić information content (AvgIpc) is 2.92. The smallest absolute Gasteiger partial charge is 0.872 e. The number of benzene rings is 2. The molecular formula is C19H11F2N3Na2O2. The predicted molar refractivity (Wildman–Crippen MR) is 87.4 cm³/mol. The quantitative estimate of drug-likeness (QED) is 0.334. The molecule has 0 fully saturated rings. The minimum atomic E-state index is -0.765. The van der Waals surface area contributed by atoms with E-state index in [2.05, 4.69) is 10.1 Å². The molecule has 0 aliphatic heterocycles. The van der Waals surface area contributed by atoms with Gasteiger partial charge in [0.05, 0.1) is 17.0 Å². The molecule has 2 heterocycles. The van der Waals surface area contributed by atoms with Gasteiger partial charge in [-0.1, -0.05) is 24.3 Å². The molecule has 0 saturated carbocycles. The monoisotopic (exact) mass is 397 g/mol. The number of halogens is 2. The first-order chi connectivity index (χ1) is 12.4. The van der Waals surface area contributed by atoms with Crippen molar-refractivity contribution in [2.45, 2.75) is 6.92 Å². The van der Waals surface area contributed by atoms with Crippen LogP contribution in [0.5, 0.6) is 11.6 Å². The van der Waals surface area contributed by atoms with Gasteiger partial charge in [0.15, 0.2) is 5.65 Å². The van der Waals surface area contributed by atoms with Crippen molar-refractivity contribution in [3.05, 3.63) is 65.9 Å². The van der Waals surface area contributed by atoms with Crippen molar-refractivity contribution in [2.75, 3.05) is 0 Å². The maximum absolute atomic E-state index is 14.3. The summed E-state index contributed by atoms with van der Waals surface area (Å²) in [6.07, 6.45) is 0. The van der Waals surface area contributed by atoms with Crippen molar-refractivity contribution in [1.29, 1.82) is 0 Å². The second kappa shape index (κ2) is 8.90. The molecule has 2 aromatic carbocycles. The number of fused-ring (bicyclic) bond motifs is 1. The van der Waals surface area contributed by atoms with E-state index in [0.29, 0.717) is 22.5 Å². The Balaban J connectivity index is 0.00000140.